The largest absolute Gasteiger partial charge is 0.435 e. The van der Waals surface area contributed by atoms with E-state index in [9.17, 15) is 9.59 Å². The number of benzene rings is 6. The molecule has 0 radical (unpaired) electrons. The Morgan fingerprint density at radius 3 is 1.00 bits per heavy atom. The lowest BCUT2D eigenvalue weighted by Gasteiger charge is -2.28. The van der Waals surface area contributed by atoms with Crippen molar-refractivity contribution in [2.45, 2.75) is 0 Å². The van der Waals surface area contributed by atoms with E-state index in [1.165, 1.54) is 14.2 Å². The van der Waals surface area contributed by atoms with Crippen LogP contribution in [-0.4, -0.2) is 39.7 Å². The van der Waals surface area contributed by atoms with Crippen LogP contribution in [0.3, 0.4) is 0 Å². The quantitative estimate of drug-likeness (QED) is 0.0792. The van der Waals surface area contributed by atoms with Crippen molar-refractivity contribution in [1.82, 2.24) is 0 Å². The molecule has 6 aromatic rings. The number of esters is 2. The molecule has 6 rings (SSSR count). The Labute approximate surface area is 295 Å². The van der Waals surface area contributed by atoms with Gasteiger partial charge in [-0.25, -0.2) is 9.59 Å². The highest BCUT2D eigenvalue weighted by atomic mass is 31.1. The molecule has 0 aliphatic rings. The number of methoxy groups -OCH3 is 2. The molecule has 0 aliphatic carbocycles. The third kappa shape index (κ3) is 7.75. The zero-order chi connectivity index (χ0) is 34.7. The zero-order valence-electron chi connectivity index (χ0n) is 27.8. The van der Waals surface area contributed by atoms with Crippen LogP contribution < -0.4 is 31.8 Å². The smallest absolute Gasteiger partial charge is 0.340 e. The van der Waals surface area contributed by atoms with Gasteiger partial charge < -0.3 is 18.9 Å². The second-order valence-electron chi connectivity index (χ2n) is 11.1. The Hall–Kier alpha value is -4.96. The van der Waals surface area contributed by atoms with Crippen LogP contribution in [0.15, 0.2) is 158 Å². The van der Waals surface area contributed by atoms with E-state index in [0.717, 1.165) is 31.8 Å². The van der Waals surface area contributed by atoms with Crippen molar-refractivity contribution in [1.29, 1.82) is 0 Å². The number of hydrogen-bond donors (Lipinski definition) is 0. The van der Waals surface area contributed by atoms with Crippen molar-refractivity contribution in [3.05, 3.63) is 169 Å². The monoisotopic (exact) mass is 698 g/mol. The highest BCUT2D eigenvalue weighted by Crippen LogP contribution is 2.43. The lowest BCUT2D eigenvalue weighted by molar-refractivity contribution is -0.0133. The Kier molecular flexibility index (Phi) is 11.9. The maximum Gasteiger partial charge on any atom is 0.340 e. The van der Waals surface area contributed by atoms with Crippen molar-refractivity contribution in [2.75, 3.05) is 27.8 Å². The summed E-state index contributed by atoms with van der Waals surface area (Å²) in [6.07, 6.45) is 0. The first kappa shape index (κ1) is 34.9. The summed E-state index contributed by atoms with van der Waals surface area (Å²) < 4.78 is 21.6. The fraction of sp³-hybridized carbons (Fsp3) is 0.0952. The van der Waals surface area contributed by atoms with Crippen LogP contribution in [0.25, 0.3) is 11.1 Å². The van der Waals surface area contributed by atoms with Gasteiger partial charge in [-0.1, -0.05) is 146 Å². The molecule has 0 unspecified atom stereocenters. The first-order valence-corrected chi connectivity index (χ1v) is 18.7. The molecule has 0 atom stereocenters. The second kappa shape index (κ2) is 17.1. The van der Waals surface area contributed by atoms with E-state index in [1.54, 1.807) is 12.1 Å². The molecule has 0 saturated heterocycles. The fourth-order valence-electron chi connectivity index (χ4n) is 5.86. The van der Waals surface area contributed by atoms with E-state index in [1.807, 2.05) is 84.9 Å². The number of carbonyl (C=O) groups excluding carboxylic acids is 2. The van der Waals surface area contributed by atoms with Crippen LogP contribution in [-0.2, 0) is 18.9 Å². The summed E-state index contributed by atoms with van der Waals surface area (Å²) in [5, 5.41) is 6.15. The molecule has 250 valence electrons. The third-order valence-corrected chi connectivity index (χ3v) is 12.9. The van der Waals surface area contributed by atoms with Crippen LogP contribution in [0, 0.1) is 0 Å². The highest BCUT2D eigenvalue weighted by molar-refractivity contribution is 7.80. The Bertz CT molecular complexity index is 1800. The summed E-state index contributed by atoms with van der Waals surface area (Å²) in [4.78, 5) is 28.2. The normalized spacial score (nSPS) is 11.0. The maximum atomic E-state index is 14.1. The van der Waals surface area contributed by atoms with E-state index in [0.29, 0.717) is 22.3 Å². The van der Waals surface area contributed by atoms with E-state index < -0.39 is 27.8 Å². The first-order valence-electron chi connectivity index (χ1n) is 16.0. The molecule has 6 nitrogen and oxygen atoms in total. The van der Waals surface area contributed by atoms with E-state index in [-0.39, 0.29) is 13.6 Å². The molecule has 6 aromatic carbocycles. The summed E-state index contributed by atoms with van der Waals surface area (Å²) in [5.41, 5.74) is 1.88. The summed E-state index contributed by atoms with van der Waals surface area (Å²) in [7, 11) is 0.475. The van der Waals surface area contributed by atoms with Gasteiger partial charge in [0, 0.05) is 25.3 Å². The summed E-state index contributed by atoms with van der Waals surface area (Å²) in [6, 6.07) is 52.4. The molecule has 0 fully saturated rings. The van der Waals surface area contributed by atoms with Gasteiger partial charge in [0.15, 0.2) is 13.6 Å². The van der Waals surface area contributed by atoms with Gasteiger partial charge in [-0.2, -0.15) is 0 Å². The summed E-state index contributed by atoms with van der Waals surface area (Å²) >= 11 is 0. The Balaban J connectivity index is 1.75. The standard InChI is InChI=1S/C42H36O6P2/c1-45-29-47-41(43)35-25-15-27-37(49(31-17-7-3-8-18-31)32-19-9-4-10-20-32)39(35)40-36(42(44)48-30-46-2)26-16-28-38(40)50(33-21-11-5-12-22-33)34-23-13-6-14-24-34/h3-28H,29-30H2,1-2H3. The zero-order valence-corrected chi connectivity index (χ0v) is 29.6. The van der Waals surface area contributed by atoms with Crippen molar-refractivity contribution < 1.29 is 28.5 Å². The molecule has 50 heavy (non-hydrogen) atoms. The SMILES string of the molecule is COCOC(=O)c1cccc(P(c2ccccc2)c2ccccc2)c1-c1c(C(=O)OCOC)cccc1P(c1ccccc1)c1ccccc1. The van der Waals surface area contributed by atoms with Crippen LogP contribution >= 0.6 is 15.8 Å². The number of hydrogen-bond acceptors (Lipinski definition) is 6. The molecule has 0 aromatic heterocycles. The number of carbonyl (C=O) groups is 2. The van der Waals surface area contributed by atoms with Gasteiger partial charge in [0.25, 0.3) is 0 Å². The predicted octanol–water partition coefficient (Wildman–Crippen LogP) is 6.39. The Morgan fingerprint density at radius 1 is 0.420 bits per heavy atom. The minimum absolute atomic E-state index is 0.222. The lowest BCUT2D eigenvalue weighted by Crippen LogP contribution is -2.29. The van der Waals surface area contributed by atoms with Crippen molar-refractivity contribution in [3.8, 4) is 11.1 Å². The van der Waals surface area contributed by atoms with Crippen LogP contribution in [0.4, 0.5) is 0 Å². The molecule has 0 heterocycles. The van der Waals surface area contributed by atoms with Gasteiger partial charge in [0.05, 0.1) is 11.1 Å². The van der Waals surface area contributed by atoms with Gasteiger partial charge >= 0.3 is 11.9 Å². The summed E-state index contributed by atoms with van der Waals surface area (Å²) in [5.74, 6) is -1.12. The van der Waals surface area contributed by atoms with E-state index in [4.69, 9.17) is 18.9 Å². The second-order valence-corrected chi connectivity index (χ2v) is 15.5. The molecule has 8 heteroatoms. The average Bonchev–Trinajstić information content (AvgIpc) is 3.18. The van der Waals surface area contributed by atoms with Gasteiger partial charge in [0.1, 0.15) is 0 Å². The molecule has 0 aliphatic heterocycles. The van der Waals surface area contributed by atoms with Gasteiger partial charge in [-0.15, -0.1) is 0 Å². The predicted molar refractivity (Wildman–Crippen MR) is 204 cm³/mol. The van der Waals surface area contributed by atoms with Crippen LogP contribution in [0.2, 0.25) is 0 Å². The topological polar surface area (TPSA) is 71.1 Å². The van der Waals surface area contributed by atoms with Gasteiger partial charge in [0.2, 0.25) is 0 Å². The fourth-order valence-corrected chi connectivity index (χ4v) is 10.8. The minimum Gasteiger partial charge on any atom is -0.435 e. The maximum absolute atomic E-state index is 14.1. The van der Waals surface area contributed by atoms with E-state index in [2.05, 4.69) is 60.7 Å². The van der Waals surface area contributed by atoms with Crippen molar-refractivity contribution >= 4 is 59.6 Å². The molecule has 0 bridgehead atoms. The average molecular weight is 699 g/mol. The third-order valence-electron chi connectivity index (χ3n) is 7.93. The summed E-state index contributed by atoms with van der Waals surface area (Å²) in [6.45, 7) is -0.445. The number of rotatable bonds is 13. The lowest BCUT2D eigenvalue weighted by atomic mass is 9.95. The first-order chi connectivity index (χ1) is 24.6. The van der Waals surface area contributed by atoms with Crippen molar-refractivity contribution in [2.24, 2.45) is 0 Å². The van der Waals surface area contributed by atoms with E-state index >= 15 is 0 Å². The van der Waals surface area contributed by atoms with Gasteiger partial charge in [-0.05, 0) is 59.8 Å². The minimum atomic E-state index is -1.24. The highest BCUT2D eigenvalue weighted by Gasteiger charge is 2.32. The number of ether oxygens (including phenoxy) is 4. The van der Waals surface area contributed by atoms with Crippen LogP contribution in [0.1, 0.15) is 20.7 Å². The van der Waals surface area contributed by atoms with Gasteiger partial charge in [-0.3, -0.25) is 0 Å². The van der Waals surface area contributed by atoms with Crippen molar-refractivity contribution in [3.63, 3.8) is 0 Å². The molecular weight excluding hydrogens is 662 g/mol. The molecule has 0 amide bonds. The Morgan fingerprint density at radius 2 is 0.720 bits per heavy atom. The molecular formula is C42H36O6P2. The van der Waals surface area contributed by atoms with Crippen LogP contribution in [0.5, 0.6) is 0 Å². The molecule has 0 saturated carbocycles. The molecule has 0 N–H and O–H groups in total. The molecule has 0 spiro atoms.